The predicted molar refractivity (Wildman–Crippen MR) is 98.4 cm³/mol. The van der Waals surface area contributed by atoms with Crippen LogP contribution in [0.1, 0.15) is 41.6 Å². The van der Waals surface area contributed by atoms with E-state index in [9.17, 15) is 9.59 Å². The largest absolute Gasteiger partial charge is 0.338 e. The van der Waals surface area contributed by atoms with Gasteiger partial charge in [-0.1, -0.05) is 12.1 Å². The van der Waals surface area contributed by atoms with Gasteiger partial charge in [0, 0.05) is 44.2 Å². The average Bonchev–Trinajstić information content (AvgIpc) is 3.27. The molecular weight excluding hydrogens is 338 g/mol. The Balaban J connectivity index is 0.00000182. The van der Waals surface area contributed by atoms with E-state index in [-0.39, 0.29) is 30.3 Å². The second kappa shape index (κ2) is 7.34. The van der Waals surface area contributed by atoms with Crippen LogP contribution in [-0.2, 0) is 11.3 Å². The van der Waals surface area contributed by atoms with E-state index >= 15 is 0 Å². The molecule has 4 rings (SSSR count). The Morgan fingerprint density at radius 2 is 1.92 bits per heavy atom. The molecule has 2 amide bonds. The molecule has 2 N–H and O–H groups in total. The highest BCUT2D eigenvalue weighted by Crippen LogP contribution is 2.37. The summed E-state index contributed by atoms with van der Waals surface area (Å²) in [6.45, 7) is 3.14. The molecule has 0 spiro atoms. The van der Waals surface area contributed by atoms with Crippen molar-refractivity contribution >= 4 is 24.2 Å². The van der Waals surface area contributed by atoms with Crippen molar-refractivity contribution in [1.82, 2.24) is 9.80 Å². The molecule has 5 nitrogen and oxygen atoms in total. The first-order valence-corrected chi connectivity index (χ1v) is 9.03. The molecule has 2 aliphatic heterocycles. The minimum Gasteiger partial charge on any atom is -0.338 e. The number of fused-ring (bicyclic) bond motifs is 1. The third kappa shape index (κ3) is 3.53. The Morgan fingerprint density at radius 3 is 2.56 bits per heavy atom. The molecule has 0 aromatic heterocycles. The number of nitrogens with zero attached hydrogens (tertiary/aromatic N) is 2. The van der Waals surface area contributed by atoms with Gasteiger partial charge in [-0.25, -0.2) is 0 Å². The number of hydrogen-bond donors (Lipinski definition) is 1. The zero-order valence-corrected chi connectivity index (χ0v) is 15.2. The molecule has 0 radical (unpaired) electrons. The standard InChI is InChI=1S/C19H25N3O2.ClH/c20-17-8-7-15-11-22(12-16(15)17)19(24)14-5-3-13(4-6-14)10-21-9-1-2-18(21)23;/h3-6,15-17H,1-2,7-12,20H2;1H. The van der Waals surface area contributed by atoms with Gasteiger partial charge in [0.15, 0.2) is 0 Å². The van der Waals surface area contributed by atoms with Crippen molar-refractivity contribution in [2.24, 2.45) is 17.6 Å². The SMILES string of the molecule is Cl.NC1CCC2CN(C(=O)c3ccc(CN4CCCC4=O)cc3)CC12. The summed E-state index contributed by atoms with van der Waals surface area (Å²) in [4.78, 5) is 28.3. The summed E-state index contributed by atoms with van der Waals surface area (Å²) >= 11 is 0. The van der Waals surface area contributed by atoms with E-state index in [0.29, 0.717) is 24.8 Å². The molecule has 25 heavy (non-hydrogen) atoms. The van der Waals surface area contributed by atoms with Crippen LogP contribution in [0.25, 0.3) is 0 Å². The molecule has 3 aliphatic rings. The normalized spacial score (nSPS) is 28.2. The molecule has 6 heteroatoms. The fourth-order valence-electron chi connectivity index (χ4n) is 4.50. The van der Waals surface area contributed by atoms with Crippen molar-refractivity contribution in [2.75, 3.05) is 19.6 Å². The monoisotopic (exact) mass is 363 g/mol. The van der Waals surface area contributed by atoms with E-state index in [4.69, 9.17) is 5.73 Å². The second-order valence-electron chi connectivity index (χ2n) is 7.49. The number of carbonyl (C=O) groups excluding carboxylic acids is 2. The highest BCUT2D eigenvalue weighted by Gasteiger charge is 2.42. The number of rotatable bonds is 3. The molecule has 136 valence electrons. The Bertz CT molecular complexity index is 649. The fraction of sp³-hybridized carbons (Fsp3) is 0.579. The summed E-state index contributed by atoms with van der Waals surface area (Å²) in [6.07, 6.45) is 3.87. The van der Waals surface area contributed by atoms with Crippen molar-refractivity contribution < 1.29 is 9.59 Å². The highest BCUT2D eigenvalue weighted by atomic mass is 35.5. The first-order valence-electron chi connectivity index (χ1n) is 9.03. The lowest BCUT2D eigenvalue weighted by Gasteiger charge is -2.19. The first kappa shape index (κ1) is 18.2. The van der Waals surface area contributed by atoms with Crippen molar-refractivity contribution in [3.63, 3.8) is 0 Å². The van der Waals surface area contributed by atoms with Gasteiger partial charge in [0.25, 0.3) is 5.91 Å². The van der Waals surface area contributed by atoms with E-state index in [2.05, 4.69) is 0 Å². The van der Waals surface area contributed by atoms with E-state index in [1.54, 1.807) is 0 Å². The van der Waals surface area contributed by atoms with Gasteiger partial charge in [-0.2, -0.15) is 0 Å². The molecule has 2 saturated heterocycles. The third-order valence-electron chi connectivity index (χ3n) is 5.95. The van der Waals surface area contributed by atoms with Crippen molar-refractivity contribution in [1.29, 1.82) is 0 Å². The van der Waals surface area contributed by atoms with Gasteiger partial charge in [-0.05, 0) is 48.8 Å². The fourth-order valence-corrected chi connectivity index (χ4v) is 4.50. The van der Waals surface area contributed by atoms with Gasteiger partial charge >= 0.3 is 0 Å². The third-order valence-corrected chi connectivity index (χ3v) is 5.95. The number of hydrogen-bond acceptors (Lipinski definition) is 3. The Morgan fingerprint density at radius 1 is 1.16 bits per heavy atom. The summed E-state index contributed by atoms with van der Waals surface area (Å²) in [6, 6.07) is 8.00. The average molecular weight is 364 g/mol. The zero-order chi connectivity index (χ0) is 16.7. The molecule has 1 aromatic carbocycles. The van der Waals surface area contributed by atoms with Crippen LogP contribution >= 0.6 is 12.4 Å². The lowest BCUT2D eigenvalue weighted by atomic mass is 9.98. The van der Waals surface area contributed by atoms with E-state index in [1.807, 2.05) is 34.1 Å². The number of carbonyl (C=O) groups is 2. The smallest absolute Gasteiger partial charge is 0.253 e. The molecule has 1 aliphatic carbocycles. The maximum absolute atomic E-state index is 12.7. The number of likely N-dealkylation sites (tertiary alicyclic amines) is 2. The van der Waals surface area contributed by atoms with Gasteiger partial charge in [-0.15, -0.1) is 12.4 Å². The van der Waals surface area contributed by atoms with Crippen LogP contribution in [0, 0.1) is 11.8 Å². The van der Waals surface area contributed by atoms with Crippen molar-refractivity contribution in [3.8, 4) is 0 Å². The maximum atomic E-state index is 12.7. The Labute approximate surface area is 154 Å². The van der Waals surface area contributed by atoms with Crippen LogP contribution in [0.2, 0.25) is 0 Å². The summed E-state index contributed by atoms with van der Waals surface area (Å²) in [5.41, 5.74) is 7.98. The number of nitrogens with two attached hydrogens (primary N) is 1. The van der Waals surface area contributed by atoms with Crippen LogP contribution < -0.4 is 5.73 Å². The molecule has 0 bridgehead atoms. The molecule has 1 saturated carbocycles. The minimum atomic E-state index is 0. The minimum absolute atomic E-state index is 0. The van der Waals surface area contributed by atoms with Crippen LogP contribution in [0.5, 0.6) is 0 Å². The van der Waals surface area contributed by atoms with Crippen LogP contribution in [0.3, 0.4) is 0 Å². The highest BCUT2D eigenvalue weighted by molar-refractivity contribution is 5.94. The Hall–Kier alpha value is -1.59. The zero-order valence-electron chi connectivity index (χ0n) is 14.4. The molecule has 3 fully saturated rings. The number of benzene rings is 1. The van der Waals surface area contributed by atoms with Gasteiger partial charge in [0.1, 0.15) is 0 Å². The maximum Gasteiger partial charge on any atom is 0.253 e. The summed E-state index contributed by atoms with van der Waals surface area (Å²) in [5.74, 6) is 1.41. The van der Waals surface area contributed by atoms with Gasteiger partial charge in [-0.3, -0.25) is 9.59 Å². The molecule has 2 heterocycles. The van der Waals surface area contributed by atoms with Gasteiger partial charge in [0.05, 0.1) is 0 Å². The van der Waals surface area contributed by atoms with Crippen molar-refractivity contribution in [2.45, 2.75) is 38.3 Å². The molecule has 3 atom stereocenters. The Kier molecular flexibility index (Phi) is 5.35. The summed E-state index contributed by atoms with van der Waals surface area (Å²) in [7, 11) is 0. The van der Waals surface area contributed by atoms with E-state index < -0.39 is 0 Å². The molecular formula is C19H26ClN3O2. The van der Waals surface area contributed by atoms with Gasteiger partial charge in [0.2, 0.25) is 5.91 Å². The van der Waals surface area contributed by atoms with Gasteiger partial charge < -0.3 is 15.5 Å². The topological polar surface area (TPSA) is 66.6 Å². The quantitative estimate of drug-likeness (QED) is 0.893. The van der Waals surface area contributed by atoms with Crippen LogP contribution in [0.4, 0.5) is 0 Å². The number of amides is 2. The van der Waals surface area contributed by atoms with E-state index in [0.717, 1.165) is 50.0 Å². The lowest BCUT2D eigenvalue weighted by Crippen LogP contribution is -2.33. The lowest BCUT2D eigenvalue weighted by molar-refractivity contribution is -0.128. The molecule has 3 unspecified atom stereocenters. The summed E-state index contributed by atoms with van der Waals surface area (Å²) in [5, 5.41) is 0. The van der Waals surface area contributed by atoms with E-state index in [1.165, 1.54) is 0 Å². The first-order chi connectivity index (χ1) is 11.6. The van der Waals surface area contributed by atoms with Crippen molar-refractivity contribution in [3.05, 3.63) is 35.4 Å². The predicted octanol–water partition coefficient (Wildman–Crippen LogP) is 2.04. The molecule has 1 aromatic rings. The van der Waals surface area contributed by atoms with Crippen LogP contribution in [-0.4, -0.2) is 47.3 Å². The van der Waals surface area contributed by atoms with Crippen LogP contribution in [0.15, 0.2) is 24.3 Å². The number of halogens is 1. The summed E-state index contributed by atoms with van der Waals surface area (Å²) < 4.78 is 0. The second-order valence-corrected chi connectivity index (χ2v) is 7.49.